The Morgan fingerprint density at radius 2 is 1.64 bits per heavy atom. The van der Waals surface area contributed by atoms with Crippen molar-refractivity contribution >= 4 is 12.4 Å². The number of ether oxygens (including phenoxy) is 3. The van der Waals surface area contributed by atoms with E-state index in [2.05, 4.69) is 29.2 Å². The van der Waals surface area contributed by atoms with Crippen molar-refractivity contribution in [2.75, 3.05) is 52.7 Å². The number of rotatable bonds is 8. The van der Waals surface area contributed by atoms with Gasteiger partial charge >= 0.3 is 0 Å². The summed E-state index contributed by atoms with van der Waals surface area (Å²) in [4.78, 5) is 2.38. The average Bonchev–Trinajstić information content (AvgIpc) is 2.67. The smallest absolute Gasteiger partial charge is 0.119 e. The Labute approximate surface area is 158 Å². The third-order valence-corrected chi connectivity index (χ3v) is 5.11. The molecule has 0 bridgehead atoms. The highest BCUT2D eigenvalue weighted by Crippen LogP contribution is 2.33. The van der Waals surface area contributed by atoms with Gasteiger partial charge in [0, 0.05) is 19.6 Å². The van der Waals surface area contributed by atoms with E-state index in [9.17, 15) is 0 Å². The molecule has 1 saturated heterocycles. The van der Waals surface area contributed by atoms with Gasteiger partial charge in [-0.25, -0.2) is 0 Å². The summed E-state index contributed by atoms with van der Waals surface area (Å²) in [6.45, 7) is 6.75. The van der Waals surface area contributed by atoms with Gasteiger partial charge in [-0.05, 0) is 36.5 Å². The van der Waals surface area contributed by atoms with Crippen LogP contribution >= 0.6 is 12.4 Å². The molecule has 4 nitrogen and oxygen atoms in total. The lowest BCUT2D eigenvalue weighted by Gasteiger charge is -2.26. The van der Waals surface area contributed by atoms with E-state index >= 15 is 0 Å². The molecule has 0 radical (unpaired) electrons. The minimum atomic E-state index is 0. The largest absolute Gasteiger partial charge is 0.491 e. The zero-order chi connectivity index (χ0) is 16.5. The SMILES string of the molecule is Cl.c1cc(C2CCCCC2)ccc1OCCOCCN1CCOCC1. The Bertz CT molecular complexity index is 457. The fraction of sp³-hybridized carbons (Fsp3) is 0.700. The van der Waals surface area contributed by atoms with Gasteiger partial charge in [-0.2, -0.15) is 0 Å². The normalized spacial score (nSPS) is 19.4. The standard InChI is InChI=1S/C20H31NO3.ClH/c1-2-4-18(5-3-1)19-6-8-20(9-7-19)24-17-16-23-15-12-21-10-13-22-14-11-21;/h6-9,18H,1-5,10-17H2;1H. The summed E-state index contributed by atoms with van der Waals surface area (Å²) in [6, 6.07) is 8.70. The van der Waals surface area contributed by atoms with Crippen LogP contribution in [0.25, 0.3) is 0 Å². The van der Waals surface area contributed by atoms with Crippen molar-refractivity contribution in [3.63, 3.8) is 0 Å². The molecule has 0 atom stereocenters. The molecule has 142 valence electrons. The van der Waals surface area contributed by atoms with Crippen molar-refractivity contribution in [1.29, 1.82) is 0 Å². The van der Waals surface area contributed by atoms with Crippen LogP contribution in [-0.2, 0) is 9.47 Å². The third kappa shape index (κ3) is 7.14. The zero-order valence-corrected chi connectivity index (χ0v) is 16.0. The molecule has 5 heteroatoms. The maximum absolute atomic E-state index is 5.78. The molecular formula is C20H32ClNO3. The van der Waals surface area contributed by atoms with Crippen LogP contribution in [0.3, 0.4) is 0 Å². The third-order valence-electron chi connectivity index (χ3n) is 5.11. The van der Waals surface area contributed by atoms with Crippen LogP contribution in [0.15, 0.2) is 24.3 Å². The van der Waals surface area contributed by atoms with E-state index in [1.54, 1.807) is 0 Å². The molecule has 3 rings (SSSR count). The molecule has 1 aliphatic carbocycles. The van der Waals surface area contributed by atoms with Gasteiger partial charge < -0.3 is 14.2 Å². The van der Waals surface area contributed by atoms with E-state index in [1.807, 2.05) is 0 Å². The minimum absolute atomic E-state index is 0. The maximum atomic E-state index is 5.78. The molecular weight excluding hydrogens is 338 g/mol. The molecule has 1 aromatic carbocycles. The van der Waals surface area contributed by atoms with Crippen LogP contribution in [0.2, 0.25) is 0 Å². The predicted octanol–water partition coefficient (Wildman–Crippen LogP) is 3.88. The van der Waals surface area contributed by atoms with Gasteiger partial charge in [0.1, 0.15) is 12.4 Å². The highest BCUT2D eigenvalue weighted by Gasteiger charge is 2.15. The first-order valence-corrected chi connectivity index (χ1v) is 9.52. The van der Waals surface area contributed by atoms with Gasteiger partial charge in [-0.15, -0.1) is 12.4 Å². The van der Waals surface area contributed by atoms with Crippen LogP contribution in [0.4, 0.5) is 0 Å². The van der Waals surface area contributed by atoms with Crippen LogP contribution in [0, 0.1) is 0 Å². The second kappa shape index (κ2) is 11.7. The maximum Gasteiger partial charge on any atom is 0.119 e. The average molecular weight is 370 g/mol. The highest BCUT2D eigenvalue weighted by atomic mass is 35.5. The van der Waals surface area contributed by atoms with E-state index < -0.39 is 0 Å². The van der Waals surface area contributed by atoms with E-state index in [0.29, 0.717) is 13.2 Å². The lowest BCUT2D eigenvalue weighted by Crippen LogP contribution is -2.38. The van der Waals surface area contributed by atoms with Gasteiger partial charge in [0.2, 0.25) is 0 Å². The Hall–Kier alpha value is -0.810. The summed E-state index contributed by atoms with van der Waals surface area (Å²) in [5.74, 6) is 1.71. The Balaban J connectivity index is 0.00000225. The van der Waals surface area contributed by atoms with E-state index in [1.165, 1.54) is 37.7 Å². The van der Waals surface area contributed by atoms with Crippen molar-refractivity contribution < 1.29 is 14.2 Å². The number of halogens is 1. The number of hydrogen-bond acceptors (Lipinski definition) is 4. The molecule has 0 N–H and O–H groups in total. The fourth-order valence-electron chi connectivity index (χ4n) is 3.61. The van der Waals surface area contributed by atoms with Crippen LogP contribution in [0.1, 0.15) is 43.6 Å². The van der Waals surface area contributed by atoms with E-state index in [4.69, 9.17) is 14.2 Å². The summed E-state index contributed by atoms with van der Waals surface area (Å²) < 4.78 is 16.8. The van der Waals surface area contributed by atoms with Gasteiger partial charge in [-0.3, -0.25) is 4.90 Å². The number of benzene rings is 1. The highest BCUT2D eigenvalue weighted by molar-refractivity contribution is 5.85. The second-order valence-corrected chi connectivity index (χ2v) is 6.82. The Kier molecular flexibility index (Phi) is 9.63. The van der Waals surface area contributed by atoms with E-state index in [0.717, 1.165) is 51.1 Å². The summed E-state index contributed by atoms with van der Waals surface area (Å²) in [6.07, 6.45) is 6.85. The number of nitrogens with zero attached hydrogens (tertiary/aromatic N) is 1. The topological polar surface area (TPSA) is 30.9 Å². The summed E-state index contributed by atoms with van der Waals surface area (Å²) in [5, 5.41) is 0. The summed E-state index contributed by atoms with van der Waals surface area (Å²) in [7, 11) is 0. The first-order valence-electron chi connectivity index (χ1n) is 9.52. The molecule has 0 unspecified atom stereocenters. The molecule has 1 aromatic rings. The molecule has 1 saturated carbocycles. The molecule has 0 amide bonds. The summed E-state index contributed by atoms with van der Waals surface area (Å²) >= 11 is 0. The fourth-order valence-corrected chi connectivity index (χ4v) is 3.61. The lowest BCUT2D eigenvalue weighted by molar-refractivity contribution is 0.0170. The number of morpholine rings is 1. The monoisotopic (exact) mass is 369 g/mol. The van der Waals surface area contributed by atoms with Gasteiger partial charge in [0.25, 0.3) is 0 Å². The number of hydrogen-bond donors (Lipinski definition) is 0. The molecule has 2 aliphatic rings. The second-order valence-electron chi connectivity index (χ2n) is 6.82. The zero-order valence-electron chi connectivity index (χ0n) is 15.2. The van der Waals surface area contributed by atoms with Crippen molar-refractivity contribution in [2.24, 2.45) is 0 Å². The molecule has 1 heterocycles. The molecule has 25 heavy (non-hydrogen) atoms. The Morgan fingerprint density at radius 3 is 2.36 bits per heavy atom. The van der Waals surface area contributed by atoms with Crippen LogP contribution in [0.5, 0.6) is 5.75 Å². The van der Waals surface area contributed by atoms with Crippen molar-refractivity contribution in [1.82, 2.24) is 4.90 Å². The van der Waals surface area contributed by atoms with Crippen molar-refractivity contribution in [3.05, 3.63) is 29.8 Å². The quantitative estimate of drug-likeness (QED) is 0.650. The molecule has 0 spiro atoms. The first kappa shape index (κ1) is 20.5. The molecule has 1 aliphatic heterocycles. The molecule has 0 aromatic heterocycles. The Morgan fingerprint density at radius 1 is 0.920 bits per heavy atom. The lowest BCUT2D eigenvalue weighted by atomic mass is 9.84. The first-order chi connectivity index (χ1) is 11.9. The minimum Gasteiger partial charge on any atom is -0.491 e. The predicted molar refractivity (Wildman–Crippen MR) is 103 cm³/mol. The van der Waals surface area contributed by atoms with Gasteiger partial charge in [0.15, 0.2) is 0 Å². The van der Waals surface area contributed by atoms with Gasteiger partial charge in [-0.1, -0.05) is 31.4 Å². The van der Waals surface area contributed by atoms with Crippen molar-refractivity contribution in [3.8, 4) is 5.75 Å². The van der Waals surface area contributed by atoms with E-state index in [-0.39, 0.29) is 12.4 Å². The van der Waals surface area contributed by atoms with Gasteiger partial charge in [0.05, 0.1) is 26.4 Å². The van der Waals surface area contributed by atoms with Crippen LogP contribution < -0.4 is 4.74 Å². The van der Waals surface area contributed by atoms with Crippen LogP contribution in [-0.4, -0.2) is 57.6 Å². The molecule has 2 fully saturated rings. The summed E-state index contributed by atoms with van der Waals surface area (Å²) in [5.41, 5.74) is 1.48. The van der Waals surface area contributed by atoms with Crippen molar-refractivity contribution in [2.45, 2.75) is 38.0 Å².